The van der Waals surface area contributed by atoms with Gasteiger partial charge in [0.05, 0.1) is 24.6 Å². The summed E-state index contributed by atoms with van der Waals surface area (Å²) in [7, 11) is -2.35. The molecule has 0 aliphatic carbocycles. The van der Waals surface area contributed by atoms with Gasteiger partial charge in [-0.25, -0.2) is 8.42 Å². The van der Waals surface area contributed by atoms with E-state index in [-0.39, 0.29) is 29.9 Å². The van der Waals surface area contributed by atoms with Gasteiger partial charge >= 0.3 is 0 Å². The molecule has 0 heterocycles. The Morgan fingerprint density at radius 1 is 1.00 bits per heavy atom. The Morgan fingerprint density at radius 2 is 1.64 bits per heavy atom. The second kappa shape index (κ2) is 11.1. The molecule has 0 fully saturated rings. The topological polar surface area (TPSA) is 75.7 Å². The van der Waals surface area contributed by atoms with Crippen molar-refractivity contribution >= 4 is 15.9 Å². The number of aryl methyl sites for hydroxylation is 1. The highest BCUT2D eigenvalue weighted by molar-refractivity contribution is 7.89. The van der Waals surface area contributed by atoms with Crippen LogP contribution in [0.3, 0.4) is 0 Å². The van der Waals surface area contributed by atoms with Crippen molar-refractivity contribution in [2.45, 2.75) is 31.2 Å². The summed E-state index contributed by atoms with van der Waals surface area (Å²) in [5.41, 5.74) is 2.67. The number of ether oxygens (including phenoxy) is 1. The Labute approximate surface area is 196 Å². The predicted molar refractivity (Wildman–Crippen MR) is 130 cm³/mol. The van der Waals surface area contributed by atoms with Gasteiger partial charge in [0.1, 0.15) is 5.75 Å². The number of hydrogen-bond acceptors (Lipinski definition) is 4. The number of sulfonamides is 1. The molecular weight excluding hydrogens is 436 g/mol. The highest BCUT2D eigenvalue weighted by Gasteiger charge is 2.27. The summed E-state index contributed by atoms with van der Waals surface area (Å²) in [5, 5.41) is 2.91. The lowest BCUT2D eigenvalue weighted by Gasteiger charge is -2.23. The van der Waals surface area contributed by atoms with Crippen LogP contribution < -0.4 is 10.1 Å². The van der Waals surface area contributed by atoms with Crippen LogP contribution in [0.1, 0.15) is 29.7 Å². The molecule has 0 saturated heterocycles. The minimum Gasteiger partial charge on any atom is -0.496 e. The molecule has 0 aromatic heterocycles. The van der Waals surface area contributed by atoms with E-state index in [0.717, 1.165) is 11.1 Å². The van der Waals surface area contributed by atoms with Gasteiger partial charge in [-0.05, 0) is 55.2 Å². The zero-order chi connectivity index (χ0) is 23.8. The van der Waals surface area contributed by atoms with Crippen LogP contribution in [0.5, 0.6) is 5.75 Å². The minimum atomic E-state index is -3.90. The molecule has 1 amide bonds. The highest BCUT2D eigenvalue weighted by Crippen LogP contribution is 2.24. The van der Waals surface area contributed by atoms with Gasteiger partial charge in [0, 0.05) is 6.54 Å². The number of methoxy groups -OCH3 is 1. The number of nitrogens with one attached hydrogen (secondary N) is 1. The third-order valence-corrected chi connectivity index (χ3v) is 7.33. The Morgan fingerprint density at radius 3 is 2.24 bits per heavy atom. The molecule has 3 rings (SSSR count). The summed E-state index contributed by atoms with van der Waals surface area (Å²) in [6.07, 6.45) is 0.497. The second-order valence-corrected chi connectivity index (χ2v) is 9.84. The lowest BCUT2D eigenvalue weighted by atomic mass is 10.1. The van der Waals surface area contributed by atoms with E-state index in [1.807, 2.05) is 67.6 Å². The molecular formula is C26H30N2O4S. The normalized spacial score (nSPS) is 12.4. The van der Waals surface area contributed by atoms with E-state index in [4.69, 9.17) is 4.74 Å². The summed E-state index contributed by atoms with van der Waals surface area (Å²) < 4.78 is 33.5. The van der Waals surface area contributed by atoms with Crippen molar-refractivity contribution in [1.82, 2.24) is 9.62 Å². The number of amides is 1. The van der Waals surface area contributed by atoms with E-state index in [0.29, 0.717) is 17.7 Å². The molecule has 0 aliphatic rings. The Kier molecular flexibility index (Phi) is 8.25. The van der Waals surface area contributed by atoms with E-state index < -0.39 is 10.0 Å². The summed E-state index contributed by atoms with van der Waals surface area (Å²) in [6, 6.07) is 23.7. The lowest BCUT2D eigenvalue weighted by Crippen LogP contribution is -2.42. The predicted octanol–water partition coefficient (Wildman–Crippen LogP) is 4.11. The molecule has 0 saturated carbocycles. The van der Waals surface area contributed by atoms with Crippen LogP contribution in [0.15, 0.2) is 83.8 Å². The quantitative estimate of drug-likeness (QED) is 0.488. The number of hydrogen-bond donors (Lipinski definition) is 1. The van der Waals surface area contributed by atoms with Crippen molar-refractivity contribution in [2.24, 2.45) is 0 Å². The number of benzene rings is 3. The van der Waals surface area contributed by atoms with Gasteiger partial charge in [0.2, 0.25) is 15.9 Å². The van der Waals surface area contributed by atoms with Crippen LogP contribution in [0.2, 0.25) is 0 Å². The molecule has 0 bridgehead atoms. The SMILES string of the molecule is COc1ccc(S(=O)(=O)N(CCc2ccccc2)CC(=O)N[C@H](C)c2ccccc2)cc1C. The largest absolute Gasteiger partial charge is 0.496 e. The van der Waals surface area contributed by atoms with E-state index in [9.17, 15) is 13.2 Å². The summed E-state index contributed by atoms with van der Waals surface area (Å²) in [4.78, 5) is 13.0. The van der Waals surface area contributed by atoms with Gasteiger partial charge < -0.3 is 10.1 Å². The monoisotopic (exact) mass is 466 g/mol. The van der Waals surface area contributed by atoms with Gasteiger partial charge in [-0.15, -0.1) is 0 Å². The van der Waals surface area contributed by atoms with E-state index >= 15 is 0 Å². The lowest BCUT2D eigenvalue weighted by molar-refractivity contribution is -0.121. The summed E-state index contributed by atoms with van der Waals surface area (Å²) >= 11 is 0. The van der Waals surface area contributed by atoms with Crippen molar-refractivity contribution in [1.29, 1.82) is 0 Å². The fourth-order valence-electron chi connectivity index (χ4n) is 3.62. The maximum atomic E-state index is 13.5. The fraction of sp³-hybridized carbons (Fsp3) is 0.269. The maximum Gasteiger partial charge on any atom is 0.243 e. The zero-order valence-electron chi connectivity index (χ0n) is 19.2. The smallest absolute Gasteiger partial charge is 0.243 e. The van der Waals surface area contributed by atoms with Gasteiger partial charge in [0.15, 0.2) is 0 Å². The van der Waals surface area contributed by atoms with Crippen LogP contribution in [0.25, 0.3) is 0 Å². The van der Waals surface area contributed by atoms with Gasteiger partial charge in [-0.2, -0.15) is 4.31 Å². The van der Waals surface area contributed by atoms with Crippen LogP contribution in [0, 0.1) is 6.92 Å². The van der Waals surface area contributed by atoms with Crippen LogP contribution in [0.4, 0.5) is 0 Å². The molecule has 33 heavy (non-hydrogen) atoms. The first-order valence-corrected chi connectivity index (χ1v) is 12.3. The van der Waals surface area contributed by atoms with E-state index in [1.165, 1.54) is 10.4 Å². The molecule has 0 aliphatic heterocycles. The molecule has 0 unspecified atom stereocenters. The molecule has 6 nitrogen and oxygen atoms in total. The molecule has 1 N–H and O–H groups in total. The van der Waals surface area contributed by atoms with Gasteiger partial charge in [-0.3, -0.25) is 4.79 Å². The number of carbonyl (C=O) groups is 1. The highest BCUT2D eigenvalue weighted by atomic mass is 32.2. The molecule has 1 atom stereocenters. The maximum absolute atomic E-state index is 13.5. The van der Waals surface area contributed by atoms with Gasteiger partial charge in [0.25, 0.3) is 0 Å². The Balaban J connectivity index is 1.82. The van der Waals surface area contributed by atoms with Crippen molar-refractivity contribution in [2.75, 3.05) is 20.2 Å². The van der Waals surface area contributed by atoms with Crippen LogP contribution >= 0.6 is 0 Å². The van der Waals surface area contributed by atoms with Crippen molar-refractivity contribution < 1.29 is 17.9 Å². The average molecular weight is 467 g/mol. The molecule has 0 radical (unpaired) electrons. The minimum absolute atomic E-state index is 0.137. The third kappa shape index (κ3) is 6.43. The molecule has 3 aromatic rings. The fourth-order valence-corrected chi connectivity index (χ4v) is 5.10. The number of carbonyl (C=O) groups excluding carboxylic acids is 1. The Bertz CT molecular complexity index is 1170. The van der Waals surface area contributed by atoms with Crippen molar-refractivity contribution in [3.63, 3.8) is 0 Å². The number of nitrogens with zero attached hydrogens (tertiary/aromatic N) is 1. The number of rotatable bonds is 10. The second-order valence-electron chi connectivity index (χ2n) is 7.91. The molecule has 7 heteroatoms. The summed E-state index contributed by atoms with van der Waals surface area (Å²) in [6.45, 7) is 3.59. The first-order chi connectivity index (χ1) is 15.8. The molecule has 0 spiro atoms. The summed E-state index contributed by atoms with van der Waals surface area (Å²) in [5.74, 6) is 0.257. The van der Waals surface area contributed by atoms with E-state index in [2.05, 4.69) is 5.32 Å². The zero-order valence-corrected chi connectivity index (χ0v) is 20.0. The van der Waals surface area contributed by atoms with E-state index in [1.54, 1.807) is 26.2 Å². The van der Waals surface area contributed by atoms with Crippen LogP contribution in [-0.2, 0) is 21.2 Å². The average Bonchev–Trinajstić information content (AvgIpc) is 2.82. The standard InChI is InChI=1S/C26H30N2O4S/c1-20-18-24(14-15-25(20)32-3)33(30,31)28(17-16-22-10-6-4-7-11-22)19-26(29)27-21(2)23-12-8-5-9-13-23/h4-15,18,21H,16-17,19H2,1-3H3,(H,27,29)/t21-/m1/s1. The molecule has 3 aromatic carbocycles. The van der Waals surface area contributed by atoms with Crippen LogP contribution in [-0.4, -0.2) is 38.8 Å². The van der Waals surface area contributed by atoms with Crippen molar-refractivity contribution in [3.8, 4) is 5.75 Å². The molecule has 174 valence electrons. The first kappa shape index (κ1) is 24.5. The van der Waals surface area contributed by atoms with Gasteiger partial charge in [-0.1, -0.05) is 60.7 Å². The Hall–Kier alpha value is -3.16. The first-order valence-electron chi connectivity index (χ1n) is 10.8. The van der Waals surface area contributed by atoms with Crippen molar-refractivity contribution in [3.05, 3.63) is 95.6 Å². The third-order valence-electron chi connectivity index (χ3n) is 5.49.